The molecule has 1 heterocycles. The molecule has 0 unspecified atom stereocenters. The molecule has 1 aromatic heterocycles. The van der Waals surface area contributed by atoms with Gasteiger partial charge in [0.1, 0.15) is 0 Å². The van der Waals surface area contributed by atoms with E-state index >= 15 is 0 Å². The Morgan fingerprint density at radius 3 is 2.88 bits per heavy atom. The fourth-order valence-corrected chi connectivity index (χ4v) is 1.60. The molecular formula is C11H8ClNO3. The SMILES string of the molecule is Cc1onc(-c2ccccc2Cl)c1OC=O. The van der Waals surface area contributed by atoms with Crippen LogP contribution in [-0.2, 0) is 4.79 Å². The summed E-state index contributed by atoms with van der Waals surface area (Å²) in [6.07, 6.45) is 0. The minimum absolute atomic E-state index is 0.295. The van der Waals surface area contributed by atoms with Gasteiger partial charge in [-0.15, -0.1) is 0 Å². The van der Waals surface area contributed by atoms with E-state index in [0.29, 0.717) is 34.3 Å². The van der Waals surface area contributed by atoms with Crippen LogP contribution in [0, 0.1) is 6.92 Å². The van der Waals surface area contributed by atoms with Crippen LogP contribution in [0.4, 0.5) is 0 Å². The lowest BCUT2D eigenvalue weighted by Crippen LogP contribution is -1.91. The van der Waals surface area contributed by atoms with Crippen LogP contribution >= 0.6 is 11.6 Å². The minimum atomic E-state index is 0.295. The number of aromatic nitrogens is 1. The van der Waals surface area contributed by atoms with Gasteiger partial charge in [0.25, 0.3) is 6.47 Å². The Morgan fingerprint density at radius 1 is 1.44 bits per heavy atom. The van der Waals surface area contributed by atoms with Gasteiger partial charge in [-0.2, -0.15) is 0 Å². The summed E-state index contributed by atoms with van der Waals surface area (Å²) < 4.78 is 9.79. The Hall–Kier alpha value is -1.81. The zero-order valence-electron chi connectivity index (χ0n) is 8.44. The topological polar surface area (TPSA) is 52.3 Å². The summed E-state index contributed by atoms with van der Waals surface area (Å²) in [6, 6.07) is 7.12. The Labute approximate surface area is 96.8 Å². The molecule has 0 spiro atoms. The molecule has 0 amide bonds. The highest BCUT2D eigenvalue weighted by Gasteiger charge is 2.18. The monoisotopic (exact) mass is 237 g/mol. The van der Waals surface area contributed by atoms with Crippen molar-refractivity contribution < 1.29 is 14.1 Å². The second-order valence-electron chi connectivity index (χ2n) is 3.11. The average molecular weight is 238 g/mol. The van der Waals surface area contributed by atoms with Gasteiger partial charge in [-0.1, -0.05) is 35.0 Å². The summed E-state index contributed by atoms with van der Waals surface area (Å²) >= 11 is 6.01. The molecule has 4 nitrogen and oxygen atoms in total. The molecule has 2 aromatic rings. The standard InChI is InChI=1S/C11H8ClNO3/c1-7-11(15-6-14)10(13-16-7)8-4-2-3-5-9(8)12/h2-6H,1H3. The van der Waals surface area contributed by atoms with Gasteiger partial charge < -0.3 is 9.26 Å². The lowest BCUT2D eigenvalue weighted by atomic mass is 10.1. The van der Waals surface area contributed by atoms with E-state index in [1.165, 1.54) is 0 Å². The summed E-state index contributed by atoms with van der Waals surface area (Å²) in [5.74, 6) is 0.727. The van der Waals surface area contributed by atoms with Gasteiger partial charge in [0, 0.05) is 12.5 Å². The first kappa shape index (κ1) is 10.7. The molecule has 0 aliphatic heterocycles. The largest absolute Gasteiger partial charge is 0.423 e. The van der Waals surface area contributed by atoms with Crippen LogP contribution < -0.4 is 4.74 Å². The molecule has 0 aliphatic rings. The molecule has 0 radical (unpaired) electrons. The average Bonchev–Trinajstić information content (AvgIpc) is 2.62. The van der Waals surface area contributed by atoms with Crippen molar-refractivity contribution in [2.45, 2.75) is 6.92 Å². The number of nitrogens with zero attached hydrogens (tertiary/aromatic N) is 1. The molecule has 2 rings (SSSR count). The first-order valence-electron chi connectivity index (χ1n) is 4.55. The highest BCUT2D eigenvalue weighted by Crippen LogP contribution is 2.35. The lowest BCUT2D eigenvalue weighted by molar-refractivity contribution is -0.120. The fourth-order valence-electron chi connectivity index (χ4n) is 1.38. The zero-order valence-corrected chi connectivity index (χ0v) is 9.19. The molecule has 0 atom stereocenters. The van der Waals surface area contributed by atoms with Gasteiger partial charge in [-0.3, -0.25) is 4.79 Å². The smallest absolute Gasteiger partial charge is 0.298 e. The summed E-state index contributed by atoms with van der Waals surface area (Å²) in [7, 11) is 0. The number of aryl methyl sites for hydroxylation is 1. The van der Waals surface area contributed by atoms with Gasteiger partial charge in [-0.25, -0.2) is 0 Å². The van der Waals surface area contributed by atoms with E-state index in [9.17, 15) is 4.79 Å². The summed E-state index contributed by atoms with van der Waals surface area (Å²) in [6.45, 7) is 1.99. The van der Waals surface area contributed by atoms with Gasteiger partial charge in [0.15, 0.2) is 11.5 Å². The van der Waals surface area contributed by atoms with Crippen LogP contribution in [0.5, 0.6) is 5.75 Å². The third kappa shape index (κ3) is 1.79. The van der Waals surface area contributed by atoms with Crippen molar-refractivity contribution in [2.75, 3.05) is 0 Å². The number of rotatable bonds is 3. The number of halogens is 1. The molecule has 0 fully saturated rings. The van der Waals surface area contributed by atoms with Crippen molar-refractivity contribution in [3.8, 4) is 17.0 Å². The Balaban J connectivity index is 2.56. The Morgan fingerprint density at radius 2 is 2.19 bits per heavy atom. The number of ether oxygens (including phenoxy) is 1. The van der Waals surface area contributed by atoms with E-state index in [2.05, 4.69) is 5.16 Å². The van der Waals surface area contributed by atoms with E-state index < -0.39 is 0 Å². The first-order chi connectivity index (χ1) is 7.74. The van der Waals surface area contributed by atoms with Crippen molar-refractivity contribution in [3.63, 3.8) is 0 Å². The van der Waals surface area contributed by atoms with Crippen molar-refractivity contribution in [3.05, 3.63) is 35.0 Å². The second kappa shape index (κ2) is 4.37. The van der Waals surface area contributed by atoms with E-state index in [4.69, 9.17) is 20.9 Å². The second-order valence-corrected chi connectivity index (χ2v) is 3.52. The molecule has 0 saturated carbocycles. The van der Waals surface area contributed by atoms with Gasteiger partial charge in [-0.05, 0) is 6.07 Å². The van der Waals surface area contributed by atoms with Crippen LogP contribution in [0.1, 0.15) is 5.76 Å². The minimum Gasteiger partial charge on any atom is -0.423 e. The normalized spacial score (nSPS) is 10.1. The van der Waals surface area contributed by atoms with Crippen molar-refractivity contribution >= 4 is 18.1 Å². The Bertz CT molecular complexity index is 522. The van der Waals surface area contributed by atoms with Gasteiger partial charge in [0.2, 0.25) is 5.75 Å². The summed E-state index contributed by atoms with van der Waals surface area (Å²) in [5, 5.41) is 4.34. The quantitative estimate of drug-likeness (QED) is 0.771. The molecular weight excluding hydrogens is 230 g/mol. The predicted octanol–water partition coefficient (Wildman–Crippen LogP) is 2.84. The molecule has 16 heavy (non-hydrogen) atoms. The van der Waals surface area contributed by atoms with Crippen LogP contribution in [0.25, 0.3) is 11.3 Å². The number of hydrogen-bond donors (Lipinski definition) is 0. The van der Waals surface area contributed by atoms with Crippen molar-refractivity contribution in [1.29, 1.82) is 0 Å². The third-order valence-electron chi connectivity index (χ3n) is 2.10. The van der Waals surface area contributed by atoms with Gasteiger partial charge in [0.05, 0.1) is 5.02 Å². The molecule has 0 saturated heterocycles. The number of carbonyl (C=O) groups excluding carboxylic acids is 1. The molecule has 0 aliphatic carbocycles. The highest BCUT2D eigenvalue weighted by molar-refractivity contribution is 6.33. The van der Waals surface area contributed by atoms with Crippen LogP contribution in [0.2, 0.25) is 5.02 Å². The van der Waals surface area contributed by atoms with Crippen molar-refractivity contribution in [2.24, 2.45) is 0 Å². The maximum Gasteiger partial charge on any atom is 0.298 e. The maximum absolute atomic E-state index is 10.4. The van der Waals surface area contributed by atoms with Crippen LogP contribution in [-0.4, -0.2) is 11.6 Å². The summed E-state index contributed by atoms with van der Waals surface area (Å²) in [4.78, 5) is 10.4. The zero-order chi connectivity index (χ0) is 11.5. The Kier molecular flexibility index (Phi) is 2.92. The van der Waals surface area contributed by atoms with Crippen LogP contribution in [0.3, 0.4) is 0 Å². The highest BCUT2D eigenvalue weighted by atomic mass is 35.5. The van der Waals surface area contributed by atoms with E-state index in [1.807, 2.05) is 6.07 Å². The van der Waals surface area contributed by atoms with Crippen LogP contribution in [0.15, 0.2) is 28.8 Å². The van der Waals surface area contributed by atoms with E-state index in [-0.39, 0.29) is 0 Å². The van der Waals surface area contributed by atoms with E-state index in [0.717, 1.165) is 0 Å². The lowest BCUT2D eigenvalue weighted by Gasteiger charge is -2.01. The predicted molar refractivity (Wildman–Crippen MR) is 58.4 cm³/mol. The molecule has 82 valence electrons. The number of hydrogen-bond acceptors (Lipinski definition) is 4. The maximum atomic E-state index is 10.4. The fraction of sp³-hybridized carbons (Fsp3) is 0.0909. The first-order valence-corrected chi connectivity index (χ1v) is 4.93. The van der Waals surface area contributed by atoms with Gasteiger partial charge >= 0.3 is 0 Å². The number of carbonyl (C=O) groups is 1. The summed E-state index contributed by atoms with van der Waals surface area (Å²) in [5.41, 5.74) is 1.09. The number of benzene rings is 1. The molecule has 5 heteroatoms. The molecule has 0 N–H and O–H groups in total. The third-order valence-corrected chi connectivity index (χ3v) is 2.43. The molecule has 0 bridgehead atoms. The van der Waals surface area contributed by atoms with Crippen molar-refractivity contribution in [1.82, 2.24) is 5.16 Å². The van der Waals surface area contributed by atoms with E-state index in [1.54, 1.807) is 25.1 Å². The molecule has 1 aromatic carbocycles.